The second-order valence-corrected chi connectivity index (χ2v) is 6.84. The number of benzene rings is 1. The third-order valence-corrected chi connectivity index (χ3v) is 5.01. The summed E-state index contributed by atoms with van der Waals surface area (Å²) in [5, 5.41) is 15.7. The molecule has 0 unspecified atom stereocenters. The monoisotopic (exact) mass is 383 g/mol. The number of methoxy groups -OCH3 is 1. The number of hydrogen-bond donors (Lipinski definition) is 1. The van der Waals surface area contributed by atoms with E-state index in [1.165, 1.54) is 0 Å². The number of carboxylic acids is 1. The van der Waals surface area contributed by atoms with Crippen molar-refractivity contribution in [2.45, 2.75) is 19.4 Å². The lowest BCUT2D eigenvalue weighted by atomic mass is 10.2. The van der Waals surface area contributed by atoms with Gasteiger partial charge in [0.25, 0.3) is 0 Å². The highest BCUT2D eigenvalue weighted by molar-refractivity contribution is 7.13. The standard InChI is InChI=1S/C20H20N2O4S/c1-26-17-6-3-2-5-15(17)21-19(23)13-22-14(9-11-20(24)25)8-10-16(22)18-7-4-12-27-18/h2-8,10,12H,9,11,13H2,1H3,(H,21,23)(H,24,25)/p-1. The number of anilines is 1. The van der Waals surface area contributed by atoms with Gasteiger partial charge in [-0.05, 0) is 48.6 Å². The Morgan fingerprint density at radius 2 is 1.96 bits per heavy atom. The van der Waals surface area contributed by atoms with Gasteiger partial charge in [-0.1, -0.05) is 18.2 Å². The van der Waals surface area contributed by atoms with Crippen LogP contribution in [0.5, 0.6) is 5.75 Å². The SMILES string of the molecule is COc1ccccc1NC(=O)Cn1c(CCC(=O)[O-])ccc1-c1cccs1. The van der Waals surface area contributed by atoms with E-state index >= 15 is 0 Å². The van der Waals surface area contributed by atoms with Gasteiger partial charge in [-0.3, -0.25) is 4.79 Å². The fourth-order valence-corrected chi connectivity index (χ4v) is 3.63. The van der Waals surface area contributed by atoms with Gasteiger partial charge in [-0.2, -0.15) is 0 Å². The van der Waals surface area contributed by atoms with Crippen molar-refractivity contribution in [3.05, 3.63) is 59.6 Å². The molecule has 27 heavy (non-hydrogen) atoms. The lowest BCUT2D eigenvalue weighted by Crippen LogP contribution is -2.24. The minimum atomic E-state index is -1.11. The van der Waals surface area contributed by atoms with Gasteiger partial charge in [0, 0.05) is 11.7 Å². The molecule has 1 N–H and O–H groups in total. The molecule has 140 valence electrons. The number of rotatable bonds is 8. The van der Waals surface area contributed by atoms with Crippen molar-refractivity contribution in [1.82, 2.24) is 4.57 Å². The van der Waals surface area contributed by atoms with Crippen LogP contribution in [-0.4, -0.2) is 23.6 Å². The van der Waals surface area contributed by atoms with Crippen molar-refractivity contribution >= 4 is 28.9 Å². The molecule has 1 amide bonds. The van der Waals surface area contributed by atoms with Gasteiger partial charge < -0.3 is 24.5 Å². The van der Waals surface area contributed by atoms with Gasteiger partial charge >= 0.3 is 0 Å². The molecule has 2 heterocycles. The first-order chi connectivity index (χ1) is 13.1. The zero-order valence-electron chi connectivity index (χ0n) is 14.8. The normalized spacial score (nSPS) is 10.6. The summed E-state index contributed by atoms with van der Waals surface area (Å²) < 4.78 is 7.11. The largest absolute Gasteiger partial charge is 0.550 e. The number of carbonyl (C=O) groups excluding carboxylic acids is 2. The second-order valence-electron chi connectivity index (χ2n) is 5.89. The maximum absolute atomic E-state index is 12.6. The van der Waals surface area contributed by atoms with Gasteiger partial charge in [-0.25, -0.2) is 0 Å². The third-order valence-electron chi connectivity index (χ3n) is 4.11. The Morgan fingerprint density at radius 3 is 2.67 bits per heavy atom. The molecule has 1 aromatic carbocycles. The highest BCUT2D eigenvalue weighted by Gasteiger charge is 2.15. The molecule has 0 saturated carbocycles. The number of nitrogens with zero attached hydrogens (tertiary/aromatic N) is 1. The summed E-state index contributed by atoms with van der Waals surface area (Å²) in [6.45, 7) is 0.0701. The quantitative estimate of drug-likeness (QED) is 0.648. The summed E-state index contributed by atoms with van der Waals surface area (Å²) >= 11 is 1.56. The zero-order chi connectivity index (χ0) is 19.2. The number of aromatic nitrogens is 1. The molecule has 0 atom stereocenters. The van der Waals surface area contributed by atoms with E-state index in [4.69, 9.17) is 4.74 Å². The smallest absolute Gasteiger partial charge is 0.244 e. The Hall–Kier alpha value is -3.06. The predicted molar refractivity (Wildman–Crippen MR) is 103 cm³/mol. The van der Waals surface area contributed by atoms with Crippen molar-refractivity contribution in [2.75, 3.05) is 12.4 Å². The molecule has 3 rings (SSSR count). The van der Waals surface area contributed by atoms with E-state index in [2.05, 4.69) is 5.32 Å². The van der Waals surface area contributed by atoms with Crippen LogP contribution in [-0.2, 0) is 22.6 Å². The van der Waals surface area contributed by atoms with Crippen LogP contribution in [0.25, 0.3) is 10.6 Å². The molecule has 0 aliphatic heterocycles. The van der Waals surface area contributed by atoms with Crippen LogP contribution in [0, 0.1) is 0 Å². The van der Waals surface area contributed by atoms with E-state index in [9.17, 15) is 14.7 Å². The predicted octanol–water partition coefficient (Wildman–Crippen LogP) is 2.55. The lowest BCUT2D eigenvalue weighted by molar-refractivity contribution is -0.305. The minimum absolute atomic E-state index is 0.0701. The summed E-state index contributed by atoms with van der Waals surface area (Å²) in [6.07, 6.45) is 0.206. The molecule has 0 bridgehead atoms. The molecule has 0 aliphatic carbocycles. The van der Waals surface area contributed by atoms with Crippen molar-refractivity contribution in [3.63, 3.8) is 0 Å². The zero-order valence-corrected chi connectivity index (χ0v) is 15.6. The summed E-state index contributed by atoms with van der Waals surface area (Å²) in [7, 11) is 1.55. The number of thiophene rings is 1. The Morgan fingerprint density at radius 1 is 1.15 bits per heavy atom. The molecule has 3 aromatic rings. The fourth-order valence-electron chi connectivity index (χ4n) is 2.87. The van der Waals surface area contributed by atoms with Crippen molar-refractivity contribution < 1.29 is 19.4 Å². The molecule has 0 spiro atoms. The minimum Gasteiger partial charge on any atom is -0.550 e. The van der Waals surface area contributed by atoms with Crippen LogP contribution >= 0.6 is 11.3 Å². The van der Waals surface area contributed by atoms with Crippen molar-refractivity contribution in [3.8, 4) is 16.3 Å². The number of ether oxygens (including phenoxy) is 1. The summed E-state index contributed by atoms with van der Waals surface area (Å²) in [4.78, 5) is 24.5. The second kappa shape index (κ2) is 8.55. The molecule has 7 heteroatoms. The fraction of sp³-hybridized carbons (Fsp3) is 0.200. The molecule has 6 nitrogen and oxygen atoms in total. The van der Waals surface area contributed by atoms with E-state index in [0.717, 1.165) is 16.3 Å². The van der Waals surface area contributed by atoms with Crippen LogP contribution in [0.4, 0.5) is 5.69 Å². The number of carboxylic acid groups (broad SMARTS) is 1. The number of aliphatic carboxylic acids is 1. The van der Waals surface area contributed by atoms with Crippen molar-refractivity contribution in [2.24, 2.45) is 0 Å². The van der Waals surface area contributed by atoms with Gasteiger partial charge in [0.15, 0.2) is 0 Å². The van der Waals surface area contributed by atoms with Gasteiger partial charge in [0.1, 0.15) is 12.3 Å². The van der Waals surface area contributed by atoms with E-state index in [-0.39, 0.29) is 18.9 Å². The summed E-state index contributed by atoms with van der Waals surface area (Å²) in [6, 6.07) is 14.9. The number of hydrogen-bond acceptors (Lipinski definition) is 5. The van der Waals surface area contributed by atoms with Crippen LogP contribution in [0.1, 0.15) is 12.1 Å². The first kappa shape index (κ1) is 18.7. The van der Waals surface area contributed by atoms with Gasteiger partial charge in [0.05, 0.1) is 23.4 Å². The highest BCUT2D eigenvalue weighted by Crippen LogP contribution is 2.28. The number of amides is 1. The summed E-state index contributed by atoms with van der Waals surface area (Å²) in [5.41, 5.74) is 2.25. The van der Waals surface area contributed by atoms with Crippen LogP contribution in [0.2, 0.25) is 0 Å². The molecule has 0 fully saturated rings. The van der Waals surface area contributed by atoms with E-state index < -0.39 is 5.97 Å². The first-order valence-corrected chi connectivity index (χ1v) is 9.31. The molecule has 2 aromatic heterocycles. The van der Waals surface area contributed by atoms with E-state index in [1.54, 1.807) is 30.6 Å². The first-order valence-electron chi connectivity index (χ1n) is 8.43. The van der Waals surface area contributed by atoms with Crippen LogP contribution in [0.15, 0.2) is 53.9 Å². The van der Waals surface area contributed by atoms with Crippen LogP contribution < -0.4 is 15.2 Å². The topological polar surface area (TPSA) is 83.4 Å². The van der Waals surface area contributed by atoms with Gasteiger partial charge in [-0.15, -0.1) is 11.3 Å². The number of aryl methyl sites for hydroxylation is 1. The maximum atomic E-state index is 12.6. The number of para-hydroxylation sites is 2. The average Bonchev–Trinajstić information content (AvgIpc) is 3.30. The Balaban J connectivity index is 1.84. The van der Waals surface area contributed by atoms with Gasteiger partial charge in [0.2, 0.25) is 5.91 Å². The third kappa shape index (κ3) is 4.57. The maximum Gasteiger partial charge on any atom is 0.244 e. The van der Waals surface area contributed by atoms with E-state index in [0.29, 0.717) is 17.9 Å². The Labute approximate surface area is 161 Å². The van der Waals surface area contributed by atoms with Crippen LogP contribution in [0.3, 0.4) is 0 Å². The molecular weight excluding hydrogens is 364 g/mol. The molecule has 0 aliphatic rings. The number of carbonyl (C=O) groups is 2. The Kier molecular flexibility index (Phi) is 5.93. The average molecular weight is 383 g/mol. The Bertz CT molecular complexity index is 931. The molecular formula is C20H19N2O4S-. The molecule has 0 saturated heterocycles. The molecule has 0 radical (unpaired) electrons. The van der Waals surface area contributed by atoms with E-state index in [1.807, 2.05) is 46.3 Å². The summed E-state index contributed by atoms with van der Waals surface area (Å²) in [5.74, 6) is -0.754. The number of nitrogens with one attached hydrogen (secondary N) is 1. The highest BCUT2D eigenvalue weighted by atomic mass is 32.1. The lowest BCUT2D eigenvalue weighted by Gasteiger charge is -2.15. The van der Waals surface area contributed by atoms with Crippen molar-refractivity contribution in [1.29, 1.82) is 0 Å².